The van der Waals surface area contributed by atoms with Crippen molar-refractivity contribution < 1.29 is 9.59 Å². The van der Waals surface area contributed by atoms with Crippen LogP contribution in [0.3, 0.4) is 0 Å². The highest BCUT2D eigenvalue weighted by atomic mass is 16.2. The standard InChI is InChI=1S/C20H20N4O3/c1-12-7-8-14(19(26)21-3)9-16(12)23-17(25)10-24-11-22-18-13(2)5-4-6-15(18)20(24)27/h4-9,11H,10H2,1-3H3,(H,21,26)(H,23,25). The molecule has 2 aromatic carbocycles. The Hall–Kier alpha value is -3.48. The molecule has 1 heterocycles. The van der Waals surface area contributed by atoms with Crippen LogP contribution in [0.25, 0.3) is 10.9 Å². The molecule has 0 aliphatic carbocycles. The van der Waals surface area contributed by atoms with Gasteiger partial charge < -0.3 is 10.6 Å². The van der Waals surface area contributed by atoms with Gasteiger partial charge in [-0.05, 0) is 43.2 Å². The van der Waals surface area contributed by atoms with Gasteiger partial charge in [0.2, 0.25) is 5.91 Å². The number of aromatic nitrogens is 2. The van der Waals surface area contributed by atoms with Crippen molar-refractivity contribution in [1.29, 1.82) is 0 Å². The molecular weight excluding hydrogens is 344 g/mol. The van der Waals surface area contributed by atoms with Gasteiger partial charge >= 0.3 is 0 Å². The molecule has 0 aliphatic rings. The fourth-order valence-corrected chi connectivity index (χ4v) is 2.84. The molecule has 1 aromatic heterocycles. The van der Waals surface area contributed by atoms with E-state index >= 15 is 0 Å². The fraction of sp³-hybridized carbons (Fsp3) is 0.200. The van der Waals surface area contributed by atoms with Crippen LogP contribution in [-0.2, 0) is 11.3 Å². The van der Waals surface area contributed by atoms with Crippen LogP contribution < -0.4 is 16.2 Å². The molecule has 138 valence electrons. The van der Waals surface area contributed by atoms with E-state index in [4.69, 9.17) is 0 Å². The first-order chi connectivity index (χ1) is 12.9. The third kappa shape index (κ3) is 3.72. The van der Waals surface area contributed by atoms with E-state index in [9.17, 15) is 14.4 Å². The molecule has 2 N–H and O–H groups in total. The van der Waals surface area contributed by atoms with Gasteiger partial charge in [0.05, 0.1) is 17.2 Å². The normalized spacial score (nSPS) is 10.6. The van der Waals surface area contributed by atoms with E-state index in [2.05, 4.69) is 15.6 Å². The number of anilines is 1. The summed E-state index contributed by atoms with van der Waals surface area (Å²) in [4.78, 5) is 41.1. The minimum atomic E-state index is -0.372. The van der Waals surface area contributed by atoms with Crippen molar-refractivity contribution in [1.82, 2.24) is 14.9 Å². The first-order valence-corrected chi connectivity index (χ1v) is 8.48. The summed E-state index contributed by atoms with van der Waals surface area (Å²) >= 11 is 0. The van der Waals surface area contributed by atoms with Crippen LogP contribution in [0.5, 0.6) is 0 Å². The maximum atomic E-state index is 12.6. The molecule has 0 atom stereocenters. The number of nitrogens with zero attached hydrogens (tertiary/aromatic N) is 2. The maximum absolute atomic E-state index is 12.6. The number of nitrogens with one attached hydrogen (secondary N) is 2. The molecule has 7 heteroatoms. The van der Waals surface area contributed by atoms with Gasteiger partial charge in [-0.25, -0.2) is 4.98 Å². The van der Waals surface area contributed by atoms with E-state index in [1.54, 1.807) is 37.4 Å². The van der Waals surface area contributed by atoms with E-state index < -0.39 is 0 Å². The monoisotopic (exact) mass is 364 g/mol. The maximum Gasteiger partial charge on any atom is 0.261 e. The molecular formula is C20H20N4O3. The van der Waals surface area contributed by atoms with Gasteiger partial charge in [0.1, 0.15) is 6.54 Å². The van der Waals surface area contributed by atoms with E-state index in [0.717, 1.165) is 11.1 Å². The lowest BCUT2D eigenvalue weighted by Crippen LogP contribution is -2.28. The van der Waals surface area contributed by atoms with E-state index in [0.29, 0.717) is 22.2 Å². The number of benzene rings is 2. The van der Waals surface area contributed by atoms with Crippen LogP contribution in [0.1, 0.15) is 21.5 Å². The van der Waals surface area contributed by atoms with Crippen molar-refractivity contribution in [2.24, 2.45) is 0 Å². The molecule has 2 amide bonds. The second-order valence-electron chi connectivity index (χ2n) is 6.31. The van der Waals surface area contributed by atoms with Crippen LogP contribution in [0.4, 0.5) is 5.69 Å². The molecule has 0 radical (unpaired) electrons. The lowest BCUT2D eigenvalue weighted by Gasteiger charge is -2.11. The molecule has 0 fully saturated rings. The summed E-state index contributed by atoms with van der Waals surface area (Å²) in [6.07, 6.45) is 1.38. The highest BCUT2D eigenvalue weighted by molar-refractivity contribution is 5.97. The zero-order valence-corrected chi connectivity index (χ0v) is 15.4. The second kappa shape index (κ2) is 7.41. The van der Waals surface area contributed by atoms with Crippen LogP contribution in [0.15, 0.2) is 47.5 Å². The molecule has 0 unspecified atom stereocenters. The first kappa shape index (κ1) is 18.3. The third-order valence-electron chi connectivity index (χ3n) is 4.37. The minimum Gasteiger partial charge on any atom is -0.355 e. The van der Waals surface area contributed by atoms with Gasteiger partial charge in [-0.2, -0.15) is 0 Å². The summed E-state index contributed by atoms with van der Waals surface area (Å²) in [6.45, 7) is 3.54. The van der Waals surface area contributed by atoms with Gasteiger partial charge in [0.25, 0.3) is 11.5 Å². The summed E-state index contributed by atoms with van der Waals surface area (Å²) in [6, 6.07) is 10.4. The van der Waals surface area contributed by atoms with Crippen LogP contribution in [0, 0.1) is 13.8 Å². The van der Waals surface area contributed by atoms with Gasteiger partial charge in [0.15, 0.2) is 0 Å². The van der Waals surface area contributed by atoms with Gasteiger partial charge in [-0.1, -0.05) is 18.2 Å². The zero-order valence-electron chi connectivity index (χ0n) is 15.4. The number of aryl methyl sites for hydroxylation is 2. The highest BCUT2D eigenvalue weighted by Crippen LogP contribution is 2.17. The largest absolute Gasteiger partial charge is 0.355 e. The summed E-state index contributed by atoms with van der Waals surface area (Å²) in [7, 11) is 1.54. The Morgan fingerprint density at radius 1 is 1.11 bits per heavy atom. The molecule has 0 saturated carbocycles. The van der Waals surface area contributed by atoms with Gasteiger partial charge in [-0.15, -0.1) is 0 Å². The summed E-state index contributed by atoms with van der Waals surface area (Å²) < 4.78 is 1.27. The fourth-order valence-electron chi connectivity index (χ4n) is 2.84. The Labute approximate surface area is 156 Å². The summed E-state index contributed by atoms with van der Waals surface area (Å²) in [5.74, 6) is -0.612. The van der Waals surface area contributed by atoms with Crippen LogP contribution in [0.2, 0.25) is 0 Å². The van der Waals surface area contributed by atoms with Crippen LogP contribution >= 0.6 is 0 Å². The van der Waals surface area contributed by atoms with Crippen molar-refractivity contribution in [2.75, 3.05) is 12.4 Å². The highest BCUT2D eigenvalue weighted by Gasteiger charge is 2.12. The number of hydrogen-bond donors (Lipinski definition) is 2. The Morgan fingerprint density at radius 3 is 2.63 bits per heavy atom. The molecule has 0 bridgehead atoms. The topological polar surface area (TPSA) is 93.1 Å². The van der Waals surface area contributed by atoms with Crippen molar-refractivity contribution in [2.45, 2.75) is 20.4 Å². The Balaban J connectivity index is 1.85. The number of amides is 2. The van der Waals surface area contributed by atoms with E-state index in [-0.39, 0.29) is 23.9 Å². The summed E-state index contributed by atoms with van der Waals surface area (Å²) in [5.41, 5.74) is 3.05. The predicted octanol–water partition coefficient (Wildman–Crippen LogP) is 2.01. The molecule has 3 rings (SSSR count). The smallest absolute Gasteiger partial charge is 0.261 e. The average molecular weight is 364 g/mol. The van der Waals surface area contributed by atoms with E-state index in [1.165, 1.54) is 10.9 Å². The second-order valence-corrected chi connectivity index (χ2v) is 6.31. The van der Waals surface area contributed by atoms with Crippen molar-refractivity contribution in [3.05, 3.63) is 69.8 Å². The Bertz CT molecular complexity index is 1100. The lowest BCUT2D eigenvalue weighted by molar-refractivity contribution is -0.116. The SMILES string of the molecule is CNC(=O)c1ccc(C)c(NC(=O)Cn2cnc3c(C)cccc3c2=O)c1. The van der Waals surface area contributed by atoms with E-state index in [1.807, 2.05) is 19.9 Å². The van der Waals surface area contributed by atoms with Gasteiger partial charge in [-0.3, -0.25) is 19.0 Å². The van der Waals surface area contributed by atoms with Crippen LogP contribution in [-0.4, -0.2) is 28.4 Å². The number of rotatable bonds is 4. The number of para-hydroxylation sites is 1. The molecule has 0 saturated heterocycles. The predicted molar refractivity (Wildman–Crippen MR) is 104 cm³/mol. The molecule has 0 aliphatic heterocycles. The molecule has 27 heavy (non-hydrogen) atoms. The van der Waals surface area contributed by atoms with Gasteiger partial charge in [0, 0.05) is 18.3 Å². The first-order valence-electron chi connectivity index (χ1n) is 8.48. The number of carbonyl (C=O) groups excluding carboxylic acids is 2. The molecule has 3 aromatic rings. The molecule has 0 spiro atoms. The average Bonchev–Trinajstić information content (AvgIpc) is 2.65. The number of carbonyl (C=O) groups is 2. The summed E-state index contributed by atoms with van der Waals surface area (Å²) in [5, 5.41) is 5.78. The zero-order chi connectivity index (χ0) is 19.6. The Kier molecular flexibility index (Phi) is 5.03. The lowest BCUT2D eigenvalue weighted by atomic mass is 10.1. The number of hydrogen-bond acceptors (Lipinski definition) is 4. The van der Waals surface area contributed by atoms with Crippen molar-refractivity contribution in [3.8, 4) is 0 Å². The number of fused-ring (bicyclic) bond motifs is 1. The molecule has 7 nitrogen and oxygen atoms in total. The Morgan fingerprint density at radius 2 is 1.89 bits per heavy atom. The minimum absolute atomic E-state index is 0.167. The van der Waals surface area contributed by atoms with Crippen molar-refractivity contribution >= 4 is 28.4 Å². The quantitative estimate of drug-likeness (QED) is 0.741. The van der Waals surface area contributed by atoms with Crippen molar-refractivity contribution in [3.63, 3.8) is 0 Å². The third-order valence-corrected chi connectivity index (χ3v) is 4.37.